The van der Waals surface area contributed by atoms with E-state index in [-0.39, 0.29) is 46.0 Å². The minimum Gasteiger partial charge on any atom is -0.476 e. The van der Waals surface area contributed by atoms with Gasteiger partial charge in [-0.2, -0.15) is 27.5 Å². The van der Waals surface area contributed by atoms with Crippen LogP contribution in [-0.4, -0.2) is 70.6 Å². The molecule has 1 aliphatic heterocycles. The normalized spacial score (nSPS) is 17.9. The zero-order valence-corrected chi connectivity index (χ0v) is 24.3. The number of anilines is 3. The molecule has 3 heterocycles. The van der Waals surface area contributed by atoms with Crippen molar-refractivity contribution in [2.24, 2.45) is 7.05 Å². The third-order valence-electron chi connectivity index (χ3n) is 7.61. The molecule has 2 N–H and O–H groups in total. The van der Waals surface area contributed by atoms with E-state index >= 15 is 0 Å². The van der Waals surface area contributed by atoms with E-state index in [4.69, 9.17) is 4.74 Å². The predicted octanol–water partition coefficient (Wildman–Crippen LogP) is 4.42. The monoisotopic (exact) mass is 581 g/mol. The van der Waals surface area contributed by atoms with Gasteiger partial charge in [0.05, 0.1) is 6.20 Å². The number of rotatable bonds is 7. The van der Waals surface area contributed by atoms with Crippen LogP contribution in [0.3, 0.4) is 0 Å². The highest BCUT2D eigenvalue weighted by Gasteiger charge is 2.50. The molecule has 0 saturated carbocycles. The minimum absolute atomic E-state index is 0.0147. The van der Waals surface area contributed by atoms with Gasteiger partial charge < -0.3 is 15.4 Å². The largest absolute Gasteiger partial charge is 0.476 e. The average molecular weight is 582 g/mol. The highest BCUT2D eigenvalue weighted by molar-refractivity contribution is 5.62. The van der Waals surface area contributed by atoms with Crippen molar-refractivity contribution in [1.82, 2.24) is 34.7 Å². The minimum atomic E-state index is -4.70. The topological polar surface area (TPSA) is 115 Å². The van der Waals surface area contributed by atoms with Crippen molar-refractivity contribution in [1.29, 1.82) is 0 Å². The van der Waals surface area contributed by atoms with E-state index in [0.717, 1.165) is 42.2 Å². The molecule has 4 rings (SSSR count). The van der Waals surface area contributed by atoms with Crippen molar-refractivity contribution >= 4 is 17.5 Å². The molecular weight excluding hydrogens is 546 g/mol. The number of nitrogens with zero attached hydrogens (tertiary/aromatic N) is 7. The molecule has 0 bridgehead atoms. The Hall–Kier alpha value is -3.75. The summed E-state index contributed by atoms with van der Waals surface area (Å²) >= 11 is 0. The first kappa shape index (κ1) is 30.2. The maximum atomic E-state index is 14.8. The molecule has 15 heteroatoms. The van der Waals surface area contributed by atoms with Gasteiger partial charge in [-0.05, 0) is 90.1 Å². The molecule has 2 aromatic heterocycles. The zero-order valence-electron chi connectivity index (χ0n) is 24.3. The lowest BCUT2D eigenvalue weighted by Gasteiger charge is -2.53. The highest BCUT2D eigenvalue weighted by Crippen LogP contribution is 2.39. The molecule has 11 nitrogen and oxygen atoms in total. The lowest BCUT2D eigenvalue weighted by atomic mass is 9.77. The molecule has 0 aliphatic carbocycles. The number of hydrogen-bond acceptors (Lipinski definition) is 9. The van der Waals surface area contributed by atoms with Crippen LogP contribution < -0.4 is 21.1 Å². The number of nitrogens with one attached hydrogen (secondary N) is 2. The van der Waals surface area contributed by atoms with Gasteiger partial charge in [-0.3, -0.25) is 4.90 Å². The zero-order chi connectivity index (χ0) is 30.5. The number of aryl methyl sites for hydroxylation is 1. The SMILES string of the molecule is CN1C(C)(C)CC(Nc2nc(Nc3ccc(OC(C)(C)C(F)(F)F)c(-n4nnn(C)c4=O)c3)ncc2F)CC1(C)C. The van der Waals surface area contributed by atoms with Gasteiger partial charge >= 0.3 is 11.9 Å². The van der Waals surface area contributed by atoms with Gasteiger partial charge in [0.1, 0.15) is 11.4 Å². The molecule has 0 atom stereocenters. The summed E-state index contributed by atoms with van der Waals surface area (Å²) in [6.07, 6.45) is -2.16. The number of ether oxygens (including phenoxy) is 1. The van der Waals surface area contributed by atoms with Crippen LogP contribution >= 0.6 is 0 Å². The second-order valence-corrected chi connectivity index (χ2v) is 12.0. The van der Waals surface area contributed by atoms with Gasteiger partial charge in [0.2, 0.25) is 5.95 Å². The van der Waals surface area contributed by atoms with E-state index in [9.17, 15) is 22.4 Å². The third-order valence-corrected chi connectivity index (χ3v) is 7.61. The fourth-order valence-corrected chi connectivity index (χ4v) is 4.97. The van der Waals surface area contributed by atoms with Crippen LogP contribution in [0.15, 0.2) is 29.2 Å². The molecule has 1 aromatic carbocycles. The number of tetrazole rings is 1. The summed E-state index contributed by atoms with van der Waals surface area (Å²) < 4.78 is 62.5. The van der Waals surface area contributed by atoms with Crippen molar-refractivity contribution in [2.45, 2.75) is 83.3 Å². The fourth-order valence-electron chi connectivity index (χ4n) is 4.97. The summed E-state index contributed by atoms with van der Waals surface area (Å²) in [5.41, 5.74) is -3.35. The lowest BCUT2D eigenvalue weighted by Crippen LogP contribution is -2.61. The predicted molar refractivity (Wildman–Crippen MR) is 145 cm³/mol. The molecule has 1 fully saturated rings. The number of piperidine rings is 1. The van der Waals surface area contributed by atoms with Crippen LogP contribution in [0.4, 0.5) is 35.0 Å². The van der Waals surface area contributed by atoms with Crippen LogP contribution in [0, 0.1) is 5.82 Å². The second kappa shape index (κ2) is 10.3. The molecule has 224 valence electrons. The molecule has 1 aliphatic rings. The van der Waals surface area contributed by atoms with Crippen LogP contribution in [0.25, 0.3) is 5.69 Å². The lowest BCUT2D eigenvalue weighted by molar-refractivity contribution is -0.234. The number of benzene rings is 1. The average Bonchev–Trinajstić information content (AvgIpc) is 3.17. The summed E-state index contributed by atoms with van der Waals surface area (Å²) in [5, 5.41) is 13.5. The molecule has 0 radical (unpaired) electrons. The van der Waals surface area contributed by atoms with Crippen LogP contribution in [0.5, 0.6) is 5.75 Å². The van der Waals surface area contributed by atoms with Crippen LogP contribution in [0.1, 0.15) is 54.4 Å². The first-order valence-electron chi connectivity index (χ1n) is 13.0. The number of halogens is 4. The molecule has 0 spiro atoms. The Morgan fingerprint density at radius 2 is 1.68 bits per heavy atom. The molecule has 0 amide bonds. The van der Waals surface area contributed by atoms with Gasteiger partial charge in [-0.25, -0.2) is 14.2 Å². The summed E-state index contributed by atoms with van der Waals surface area (Å²) in [5.74, 6) is -0.839. The maximum absolute atomic E-state index is 14.8. The Morgan fingerprint density at radius 3 is 2.24 bits per heavy atom. The van der Waals surface area contributed by atoms with Crippen LogP contribution in [0.2, 0.25) is 0 Å². The van der Waals surface area contributed by atoms with E-state index in [2.05, 4.69) is 70.7 Å². The van der Waals surface area contributed by atoms with Crippen molar-refractivity contribution < 1.29 is 22.3 Å². The number of alkyl halides is 3. The van der Waals surface area contributed by atoms with E-state index < -0.39 is 23.3 Å². The summed E-state index contributed by atoms with van der Waals surface area (Å²) in [6.45, 7) is 10.3. The maximum Gasteiger partial charge on any atom is 0.427 e. The van der Waals surface area contributed by atoms with Gasteiger partial charge in [0, 0.05) is 29.9 Å². The van der Waals surface area contributed by atoms with Crippen molar-refractivity contribution in [2.75, 3.05) is 17.7 Å². The Labute approximate surface area is 234 Å². The Kier molecular flexibility index (Phi) is 7.56. The van der Waals surface area contributed by atoms with E-state index in [0.29, 0.717) is 0 Å². The number of hydrogen-bond donors (Lipinski definition) is 2. The Balaban J connectivity index is 1.64. The van der Waals surface area contributed by atoms with E-state index in [1.165, 1.54) is 25.2 Å². The van der Waals surface area contributed by atoms with Crippen molar-refractivity contribution in [3.05, 3.63) is 40.7 Å². The fraction of sp³-hybridized carbons (Fsp3) is 0.577. The van der Waals surface area contributed by atoms with Crippen molar-refractivity contribution in [3.8, 4) is 11.4 Å². The highest BCUT2D eigenvalue weighted by atomic mass is 19.4. The first-order valence-corrected chi connectivity index (χ1v) is 13.0. The second-order valence-electron chi connectivity index (χ2n) is 12.0. The molecule has 0 unspecified atom stereocenters. The van der Waals surface area contributed by atoms with Gasteiger partial charge in [-0.1, -0.05) is 0 Å². The van der Waals surface area contributed by atoms with Gasteiger partial charge in [0.25, 0.3) is 0 Å². The quantitative estimate of drug-likeness (QED) is 0.391. The molecule has 1 saturated heterocycles. The Morgan fingerprint density at radius 1 is 1.05 bits per heavy atom. The van der Waals surface area contributed by atoms with Crippen molar-refractivity contribution in [3.63, 3.8) is 0 Å². The van der Waals surface area contributed by atoms with Gasteiger partial charge in [-0.15, -0.1) is 0 Å². The molecule has 3 aromatic rings. The smallest absolute Gasteiger partial charge is 0.427 e. The van der Waals surface area contributed by atoms with Gasteiger partial charge in [0.15, 0.2) is 17.2 Å². The summed E-state index contributed by atoms with van der Waals surface area (Å²) in [6, 6.07) is 3.98. The summed E-state index contributed by atoms with van der Waals surface area (Å²) in [7, 11) is 3.43. The Bertz CT molecular complexity index is 1460. The number of aromatic nitrogens is 6. The van der Waals surface area contributed by atoms with E-state index in [1.54, 1.807) is 0 Å². The molecular formula is C26H35F4N9O2. The number of likely N-dealkylation sites (tertiary alicyclic amines) is 1. The van der Waals surface area contributed by atoms with E-state index in [1.807, 2.05) is 0 Å². The van der Waals surface area contributed by atoms with Crippen LogP contribution in [-0.2, 0) is 7.05 Å². The third kappa shape index (κ3) is 6.14. The summed E-state index contributed by atoms with van der Waals surface area (Å²) in [4.78, 5) is 23.2. The first-order chi connectivity index (χ1) is 18.8. The molecule has 41 heavy (non-hydrogen) atoms. The standard InChI is InChI=1S/C26H35F4N9O2/c1-23(2)12-16(13-24(3,4)38(23)8)32-20-17(27)14-31-21(34-20)33-15-9-10-19(41-25(5,6)26(28,29)30)18(11-15)39-22(40)37(7)35-36-39/h9-11,14,16H,12-13H2,1-8H3,(H2,31,32,33,34).